The number of nitrogens with one attached hydrogen (secondary N) is 2. The lowest BCUT2D eigenvalue weighted by atomic mass is 9.83. The highest BCUT2D eigenvalue weighted by atomic mass is 32.2. The zero-order valence-corrected chi connectivity index (χ0v) is 77.9. The molecule has 7 saturated heterocycles. The lowest BCUT2D eigenvalue weighted by Crippen LogP contribution is -2.64. The van der Waals surface area contributed by atoms with Gasteiger partial charge in [0.25, 0.3) is 0 Å². The lowest BCUT2D eigenvalue weighted by Gasteiger charge is -2.46. The van der Waals surface area contributed by atoms with E-state index >= 15 is 0 Å². The fourth-order valence-corrected chi connectivity index (χ4v) is 18.6. The molecule has 7 aliphatic heterocycles. The molecular weight excluding hydrogens is 1840 g/mol. The molecule has 7 fully saturated rings. The minimum absolute atomic E-state index is 0.00165. The first-order chi connectivity index (χ1) is 64.0. The molecule has 0 aromatic carbocycles. The van der Waals surface area contributed by atoms with Gasteiger partial charge >= 0.3 is 0 Å². The Morgan fingerprint density at radius 1 is 0.308 bits per heavy atom. The van der Waals surface area contributed by atoms with E-state index in [4.69, 9.17) is 90.0 Å². The van der Waals surface area contributed by atoms with Crippen molar-refractivity contribution in [3.05, 3.63) is 0 Å². The van der Waals surface area contributed by atoms with Crippen LogP contribution in [0.5, 0.6) is 0 Å². The van der Waals surface area contributed by atoms with Gasteiger partial charge in [0.2, 0.25) is 11.8 Å². The van der Waals surface area contributed by atoms with Crippen LogP contribution in [0.1, 0.15) is 104 Å². The Morgan fingerprint density at radius 3 is 1.10 bits per heavy atom. The zero-order valence-electron chi connectivity index (χ0n) is 75.5. The summed E-state index contributed by atoms with van der Waals surface area (Å²) in [7, 11) is 0. The number of hydrogen-bond acceptors (Lipinski definition) is 48. The predicted octanol–water partition coefficient (Wildman–Crippen LogP) is -9.86. The molecule has 38 atom stereocenters. The topological polar surface area (TPSA) is 719 Å². The van der Waals surface area contributed by atoms with Crippen LogP contribution < -0.4 is 10.6 Å². The molecule has 0 aromatic heterocycles. The molecule has 47 nitrogen and oxygen atoms in total. The van der Waals surface area contributed by atoms with Crippen LogP contribution in [-0.4, -0.2) is 534 Å². The molecule has 782 valence electrons. The van der Waals surface area contributed by atoms with Crippen LogP contribution in [0, 0.1) is 5.92 Å². The molecule has 7 rings (SSSR count). The van der Waals surface area contributed by atoms with E-state index in [-0.39, 0.29) is 134 Å². The number of thioether (sulfide) groups is 3. The second-order valence-electron chi connectivity index (χ2n) is 33.7. The lowest BCUT2D eigenvalue weighted by molar-refractivity contribution is -0.367. The molecule has 0 spiro atoms. The van der Waals surface area contributed by atoms with Gasteiger partial charge in [0, 0.05) is 75.5 Å². The summed E-state index contributed by atoms with van der Waals surface area (Å²) >= 11 is 4.23. The number of aliphatic hydroxyl groups excluding tert-OH is 24. The molecule has 133 heavy (non-hydrogen) atoms. The van der Waals surface area contributed by atoms with Gasteiger partial charge in [0.15, 0.2) is 37.7 Å². The van der Waals surface area contributed by atoms with Crippen molar-refractivity contribution in [2.75, 3.05) is 173 Å². The van der Waals surface area contributed by atoms with E-state index in [9.17, 15) is 132 Å². The Labute approximate surface area is 786 Å². The van der Waals surface area contributed by atoms with Crippen molar-refractivity contribution >= 4 is 47.1 Å². The largest absolute Gasteiger partial charge is 0.394 e. The first-order valence-corrected chi connectivity index (χ1v) is 49.6. The average Bonchev–Trinajstić information content (AvgIpc) is 0.798. The Hall–Kier alpha value is -1.73. The van der Waals surface area contributed by atoms with Crippen LogP contribution in [-0.2, 0) is 99.6 Å². The number of hydrogen-bond donors (Lipinski definition) is 26. The second-order valence-corrected chi connectivity index (χ2v) is 37.1. The summed E-state index contributed by atoms with van der Waals surface area (Å²) in [6.45, 7) is -0.238. The summed E-state index contributed by atoms with van der Waals surface area (Å²) in [5, 5.41) is 260. The van der Waals surface area contributed by atoms with Crippen LogP contribution in [0.15, 0.2) is 0 Å². The molecule has 0 aliphatic carbocycles. The number of unbranched alkanes of at least 4 members (excludes halogenated alkanes) is 7. The molecule has 7 heterocycles. The third-order valence-electron chi connectivity index (χ3n) is 23.4. The minimum atomic E-state index is -1.86. The van der Waals surface area contributed by atoms with E-state index in [0.717, 1.165) is 0 Å². The number of carbonyl (C=O) groups is 2. The standard InChI is InChI=1S/C83H152N2O45S3/c1-3-84-56(95)16-8-9-17-57(96)85-18-22-113-23-24-114-25-26-118-83-77(121-39-46(94)43-133-29-15-7-12-21-117-82-75(70(109)65(104)54(36-91)127-82)130-80-72(111)68(107)63(102)52(34-89)125-80)76(120-38-45(93)42-132-28-14-6-11-20-116-81-74(69(108)64(103)53(35-90)126-81)129-79-71(110)67(106)62(101)51(33-88)124-79)73(55(128-83)40-112-4-2)119-37-44(92)41-131-27-13-5-10-19-115-78-47(58(97)60(99)50(32-87)123-78)30-48-59(98)66(105)61(100)49(31-86)122-48/h44-55,58-83,86-94,97-111H,3-43H2,1-2H3,(H,84,95)(H,85,96)/t44?,45?,46?,47?,48-,49?,50?,51?,52?,53?,54?,55?,58+,59?,60-,61-,62-,63-,64-,65-,66+,67-,68-,69-,70-,71?,72?,73?,74?,75?,76?,77?,78+,79-,80-,81+,82+,83?/m0/s1. The van der Waals surface area contributed by atoms with Crippen LogP contribution in [0.4, 0.5) is 0 Å². The maximum absolute atomic E-state index is 12.4. The van der Waals surface area contributed by atoms with Gasteiger partial charge in [-0.25, -0.2) is 0 Å². The molecular formula is C83H152N2O45S3. The molecule has 2 amide bonds. The van der Waals surface area contributed by atoms with Crippen LogP contribution >= 0.6 is 35.3 Å². The van der Waals surface area contributed by atoms with E-state index in [2.05, 4.69) is 10.6 Å². The third kappa shape index (κ3) is 38.1. The van der Waals surface area contributed by atoms with Gasteiger partial charge in [-0.2, -0.15) is 35.3 Å². The van der Waals surface area contributed by atoms with Crippen molar-refractivity contribution in [2.24, 2.45) is 5.92 Å². The highest BCUT2D eigenvalue weighted by Gasteiger charge is 2.56. The van der Waals surface area contributed by atoms with Gasteiger partial charge in [-0.15, -0.1) is 0 Å². The van der Waals surface area contributed by atoms with Gasteiger partial charge in [0.1, 0.15) is 159 Å². The monoisotopic (exact) mass is 1990 g/mol. The molecule has 0 bridgehead atoms. The van der Waals surface area contributed by atoms with Gasteiger partial charge < -0.3 is 223 Å². The van der Waals surface area contributed by atoms with Crippen molar-refractivity contribution in [3.63, 3.8) is 0 Å². The number of amides is 2. The van der Waals surface area contributed by atoms with Gasteiger partial charge in [0.05, 0.1) is 130 Å². The molecule has 7 aliphatic rings. The van der Waals surface area contributed by atoms with E-state index in [1.165, 1.54) is 35.3 Å². The normalized spacial score (nSPS) is 37.0. The zero-order chi connectivity index (χ0) is 97.1. The maximum Gasteiger partial charge on any atom is 0.220 e. The number of ether oxygens (including phenoxy) is 19. The molecule has 0 saturated carbocycles. The summed E-state index contributed by atoms with van der Waals surface area (Å²) < 4.78 is 114. The van der Waals surface area contributed by atoms with Crippen molar-refractivity contribution in [1.82, 2.24) is 10.6 Å². The van der Waals surface area contributed by atoms with E-state index in [1.807, 2.05) is 6.92 Å². The highest BCUT2D eigenvalue weighted by Crippen LogP contribution is 2.38. The number of aliphatic hydroxyl groups is 24. The Bertz CT molecular complexity index is 3040. The molecule has 20 unspecified atom stereocenters. The fourth-order valence-electron chi connectivity index (χ4n) is 15.8. The highest BCUT2D eigenvalue weighted by molar-refractivity contribution is 7.99. The van der Waals surface area contributed by atoms with Gasteiger partial charge in [-0.3, -0.25) is 9.59 Å². The van der Waals surface area contributed by atoms with Crippen molar-refractivity contribution in [2.45, 2.75) is 331 Å². The van der Waals surface area contributed by atoms with Crippen LogP contribution in [0.3, 0.4) is 0 Å². The van der Waals surface area contributed by atoms with Crippen molar-refractivity contribution < 1.29 is 222 Å². The average molecular weight is 1990 g/mol. The molecule has 0 aromatic rings. The van der Waals surface area contributed by atoms with Gasteiger partial charge in [-0.1, -0.05) is 19.3 Å². The summed E-state index contributed by atoms with van der Waals surface area (Å²) in [4.78, 5) is 24.2. The maximum atomic E-state index is 12.4. The van der Waals surface area contributed by atoms with Crippen molar-refractivity contribution in [1.29, 1.82) is 0 Å². The first kappa shape index (κ1) is 118. The van der Waals surface area contributed by atoms with Crippen LogP contribution in [0.2, 0.25) is 0 Å². The summed E-state index contributed by atoms with van der Waals surface area (Å²) in [6, 6.07) is 0. The predicted molar refractivity (Wildman–Crippen MR) is 464 cm³/mol. The Kier molecular flexibility index (Phi) is 57.6. The molecule has 26 N–H and O–H groups in total. The molecule has 50 heteroatoms. The first-order valence-electron chi connectivity index (χ1n) is 46.1. The van der Waals surface area contributed by atoms with E-state index in [1.54, 1.807) is 6.92 Å². The smallest absolute Gasteiger partial charge is 0.220 e. The summed E-state index contributed by atoms with van der Waals surface area (Å²) in [6.07, 6.45) is -48.1. The molecule has 0 radical (unpaired) electrons. The third-order valence-corrected chi connectivity index (χ3v) is 27.0. The SMILES string of the molecule is CCNC(=O)CCCCC(=O)NCCOCCOCCOC1OC(COCC)C(OCC(O)CSCCCCCO[C@@H]2OC(CO)[C@H](O)[C@H](O)C2C[C@@H]2OC(CO)[C@H](O)[C@H](O)C2O)C(OCC(O)CSCCCCCO[C@@H]2OC(CO)[C@H](O)[C@H](O)C2O[C@@H]2OC(CO)[C@H](O)[C@H](O)C2O)C1OCC(O)CSCCCCCO[C@@H]1OC(CO)[C@H](O)[C@H](O)C1O[C@@H]1OC(CO)[C@H](O)[C@H](O)C1O. The fraction of sp³-hybridized carbons (Fsp3) is 0.976. The van der Waals surface area contributed by atoms with E-state index < -0.39 is 273 Å². The second kappa shape index (κ2) is 64.8. The minimum Gasteiger partial charge on any atom is -0.394 e. The Balaban J connectivity index is 0.981. The number of rotatable bonds is 67. The van der Waals surface area contributed by atoms with Crippen LogP contribution in [0.25, 0.3) is 0 Å². The Morgan fingerprint density at radius 2 is 0.654 bits per heavy atom. The summed E-state index contributed by atoms with van der Waals surface area (Å²) in [5.41, 5.74) is 0. The summed E-state index contributed by atoms with van der Waals surface area (Å²) in [5.74, 6) is 0.819. The quantitative estimate of drug-likeness (QED) is 0.0251. The number of carbonyl (C=O) groups excluding carboxylic acids is 2. The van der Waals surface area contributed by atoms with Gasteiger partial charge in [-0.05, 0) is 88.9 Å². The van der Waals surface area contributed by atoms with Crippen molar-refractivity contribution in [3.8, 4) is 0 Å². The van der Waals surface area contributed by atoms with E-state index in [0.29, 0.717) is 101 Å².